The molecule has 3 fully saturated rings. The smallest absolute Gasteiger partial charge is 0.478 e. The van der Waals surface area contributed by atoms with Gasteiger partial charge in [-0.1, -0.05) is 29.4 Å². The maximum atomic E-state index is 13.9. The lowest BCUT2D eigenvalue weighted by molar-refractivity contribution is -0.274. The number of halogens is 3. The molecule has 1 N–H and O–H groups in total. The van der Waals surface area contributed by atoms with Crippen molar-refractivity contribution in [2.24, 2.45) is 11.8 Å². The van der Waals surface area contributed by atoms with Crippen LogP contribution in [0.25, 0.3) is 22.0 Å². The fraction of sp³-hybridized carbons (Fsp3) is 0.394. The number of carboxylic acids is 1. The molecule has 0 aliphatic heterocycles. The van der Waals surface area contributed by atoms with Crippen LogP contribution in [0.5, 0.6) is 5.75 Å². The Bertz CT molecular complexity index is 1870. The van der Waals surface area contributed by atoms with Crippen molar-refractivity contribution in [3.05, 3.63) is 77.6 Å². The van der Waals surface area contributed by atoms with Crippen LogP contribution in [-0.2, 0) is 21.2 Å². The zero-order valence-corrected chi connectivity index (χ0v) is 24.8. The van der Waals surface area contributed by atoms with Crippen LogP contribution in [0.4, 0.5) is 13.2 Å². The van der Waals surface area contributed by atoms with E-state index in [1.807, 2.05) is 0 Å². The van der Waals surface area contributed by atoms with Crippen molar-refractivity contribution in [1.29, 1.82) is 0 Å². The van der Waals surface area contributed by atoms with Gasteiger partial charge >= 0.3 is 12.3 Å². The van der Waals surface area contributed by atoms with Crippen molar-refractivity contribution < 1.29 is 45.5 Å². The summed E-state index contributed by atoms with van der Waals surface area (Å²) in [6.45, 7) is 0.0789. The fourth-order valence-electron chi connectivity index (χ4n) is 7.17. The minimum Gasteiger partial charge on any atom is -0.478 e. The molecule has 12 heteroatoms. The van der Waals surface area contributed by atoms with Gasteiger partial charge in [0.2, 0.25) is 0 Å². The SMILES string of the molecule is O=C(O)c1ccc2cc(S(=O)(=O)C3C4CCC3CC(OCc3c(-c5ccccc5OC(F)(F)F)noc3C3CC3)C4)ccc2c1. The molecule has 0 saturated heterocycles. The van der Waals surface area contributed by atoms with Gasteiger partial charge in [0.25, 0.3) is 0 Å². The summed E-state index contributed by atoms with van der Waals surface area (Å²) in [5, 5.41) is 14.2. The minimum absolute atomic E-state index is 0.0789. The van der Waals surface area contributed by atoms with Gasteiger partial charge in [-0.2, -0.15) is 0 Å². The second-order valence-electron chi connectivity index (χ2n) is 12.2. The van der Waals surface area contributed by atoms with Crippen LogP contribution in [0.3, 0.4) is 0 Å². The van der Waals surface area contributed by atoms with Crippen molar-refractivity contribution in [2.75, 3.05) is 0 Å². The standard InChI is InChI=1S/C33H30F3NO7S/c34-33(35,36)43-28-4-2-1-3-26(28)29-27(30(44-37-29)18-5-6-18)17-42-24-14-21-8-9-22(15-24)31(21)45(40,41)25-12-11-19-13-23(32(38)39)10-7-20(19)16-25/h1-4,7,10-13,16,18,21-22,24,31H,5-6,8-9,14-15,17H2,(H,38,39). The highest BCUT2D eigenvalue weighted by Gasteiger charge is 2.50. The van der Waals surface area contributed by atoms with Crippen LogP contribution >= 0.6 is 0 Å². The lowest BCUT2D eigenvalue weighted by Gasteiger charge is -2.35. The zero-order valence-electron chi connectivity index (χ0n) is 24.0. The third-order valence-corrected chi connectivity index (χ3v) is 11.7. The largest absolute Gasteiger partial charge is 0.573 e. The number of carboxylic acid groups (broad SMARTS) is 1. The Hall–Kier alpha value is -3.90. The Morgan fingerprint density at radius 1 is 0.956 bits per heavy atom. The molecule has 2 unspecified atom stereocenters. The Morgan fingerprint density at radius 3 is 2.33 bits per heavy atom. The molecule has 3 saturated carbocycles. The van der Waals surface area contributed by atoms with E-state index in [1.165, 1.54) is 30.3 Å². The number of aromatic carboxylic acids is 1. The molecule has 7 rings (SSSR count). The van der Waals surface area contributed by atoms with Gasteiger partial charge in [-0.3, -0.25) is 0 Å². The molecule has 0 spiro atoms. The number of hydrogen-bond donors (Lipinski definition) is 1. The summed E-state index contributed by atoms with van der Waals surface area (Å²) < 4.78 is 83.5. The number of alkyl halides is 3. The molecular formula is C33H30F3NO7S. The average Bonchev–Trinajstić information content (AvgIpc) is 3.69. The van der Waals surface area contributed by atoms with E-state index < -0.39 is 27.4 Å². The molecule has 4 aromatic rings. The normalized spacial score (nSPS) is 23.4. The molecular weight excluding hydrogens is 611 g/mol. The highest BCUT2D eigenvalue weighted by atomic mass is 32.2. The second kappa shape index (κ2) is 11.2. The van der Waals surface area contributed by atoms with E-state index in [9.17, 15) is 31.5 Å². The van der Waals surface area contributed by atoms with Crippen molar-refractivity contribution in [2.45, 2.75) is 73.7 Å². The van der Waals surface area contributed by atoms with Gasteiger partial charge in [-0.15, -0.1) is 13.2 Å². The van der Waals surface area contributed by atoms with Gasteiger partial charge in [0, 0.05) is 17.0 Å². The molecule has 8 nitrogen and oxygen atoms in total. The number of carbonyl (C=O) groups is 1. The van der Waals surface area contributed by atoms with Crippen molar-refractivity contribution in [3.63, 3.8) is 0 Å². The molecule has 3 aliphatic rings. The van der Waals surface area contributed by atoms with Crippen LogP contribution in [0.1, 0.15) is 66.1 Å². The highest BCUT2D eigenvalue weighted by molar-refractivity contribution is 7.92. The van der Waals surface area contributed by atoms with Crippen LogP contribution in [-0.4, -0.2) is 42.4 Å². The van der Waals surface area contributed by atoms with E-state index in [2.05, 4.69) is 9.89 Å². The predicted octanol–water partition coefficient (Wildman–Crippen LogP) is 7.52. The first kappa shape index (κ1) is 29.8. The third-order valence-electron chi connectivity index (χ3n) is 9.31. The maximum absolute atomic E-state index is 13.9. The zero-order chi connectivity index (χ0) is 31.5. The number of nitrogens with zero attached hydrogens (tertiary/aromatic N) is 1. The monoisotopic (exact) mass is 641 g/mol. The summed E-state index contributed by atoms with van der Waals surface area (Å²) in [6, 6.07) is 15.2. The van der Waals surface area contributed by atoms with E-state index in [-0.39, 0.29) is 57.9 Å². The lowest BCUT2D eigenvalue weighted by Crippen LogP contribution is -2.40. The van der Waals surface area contributed by atoms with E-state index in [4.69, 9.17) is 9.26 Å². The minimum atomic E-state index is -4.87. The molecule has 0 amide bonds. The Labute approximate surface area is 257 Å². The molecule has 236 valence electrons. The lowest BCUT2D eigenvalue weighted by atomic mass is 9.86. The molecule has 1 heterocycles. The third kappa shape index (κ3) is 5.81. The number of aromatic nitrogens is 1. The van der Waals surface area contributed by atoms with E-state index >= 15 is 0 Å². The summed E-state index contributed by atoms with van der Waals surface area (Å²) >= 11 is 0. The Kier molecular flexibility index (Phi) is 7.39. The molecule has 2 bridgehead atoms. The summed E-state index contributed by atoms with van der Waals surface area (Å²) in [7, 11) is -3.67. The van der Waals surface area contributed by atoms with Gasteiger partial charge in [0.1, 0.15) is 17.2 Å². The van der Waals surface area contributed by atoms with Crippen LogP contribution < -0.4 is 4.74 Å². The van der Waals surface area contributed by atoms with E-state index in [1.54, 1.807) is 30.3 Å². The van der Waals surface area contributed by atoms with Gasteiger partial charge < -0.3 is 19.1 Å². The average molecular weight is 642 g/mol. The first-order chi connectivity index (χ1) is 21.5. The predicted molar refractivity (Wildman–Crippen MR) is 157 cm³/mol. The van der Waals surface area contributed by atoms with Gasteiger partial charge in [0.15, 0.2) is 9.84 Å². The first-order valence-corrected chi connectivity index (χ1v) is 16.5. The van der Waals surface area contributed by atoms with E-state index in [0.29, 0.717) is 34.9 Å². The molecule has 3 aromatic carbocycles. The van der Waals surface area contributed by atoms with Crippen LogP contribution in [0.2, 0.25) is 0 Å². The molecule has 3 aliphatic carbocycles. The maximum Gasteiger partial charge on any atom is 0.573 e. The Balaban J connectivity index is 1.09. The summed E-state index contributed by atoms with van der Waals surface area (Å²) in [6.07, 6.45) is -0.695. The van der Waals surface area contributed by atoms with Crippen molar-refractivity contribution >= 4 is 26.6 Å². The van der Waals surface area contributed by atoms with Gasteiger partial charge in [0.05, 0.1) is 28.4 Å². The number of ether oxygens (including phenoxy) is 2. The first-order valence-electron chi connectivity index (χ1n) is 14.9. The number of fused-ring (bicyclic) bond motifs is 3. The summed E-state index contributed by atoms with van der Waals surface area (Å²) in [4.78, 5) is 11.6. The summed E-state index contributed by atoms with van der Waals surface area (Å²) in [5.41, 5.74) is 1.15. The number of hydrogen-bond acceptors (Lipinski definition) is 7. The van der Waals surface area contributed by atoms with Crippen LogP contribution in [0.15, 0.2) is 70.1 Å². The molecule has 2 atom stereocenters. The van der Waals surface area contributed by atoms with Gasteiger partial charge in [-0.05, 0) is 97.5 Å². The molecule has 0 radical (unpaired) electrons. The molecule has 45 heavy (non-hydrogen) atoms. The van der Waals surface area contributed by atoms with Crippen molar-refractivity contribution in [1.82, 2.24) is 5.16 Å². The topological polar surface area (TPSA) is 116 Å². The quantitative estimate of drug-likeness (QED) is 0.200. The fourth-order valence-corrected chi connectivity index (χ4v) is 9.54. The van der Waals surface area contributed by atoms with Crippen LogP contribution in [0, 0.1) is 11.8 Å². The van der Waals surface area contributed by atoms with E-state index in [0.717, 1.165) is 25.7 Å². The number of rotatable bonds is 9. The summed E-state index contributed by atoms with van der Waals surface area (Å²) in [5.74, 6) is -0.882. The van der Waals surface area contributed by atoms with Crippen molar-refractivity contribution in [3.8, 4) is 17.0 Å². The highest BCUT2D eigenvalue weighted by Crippen LogP contribution is 2.50. The number of benzene rings is 3. The Morgan fingerprint density at radius 2 is 1.64 bits per heavy atom. The molecule has 1 aromatic heterocycles. The number of para-hydroxylation sites is 1. The second-order valence-corrected chi connectivity index (χ2v) is 14.3. The number of sulfone groups is 1. The van der Waals surface area contributed by atoms with Gasteiger partial charge in [-0.25, -0.2) is 13.2 Å².